The molecule has 2 rings (SSSR count). The van der Waals surface area contributed by atoms with Gasteiger partial charge in [0.1, 0.15) is 0 Å². The average Bonchev–Trinajstić information content (AvgIpc) is 2.51. The Labute approximate surface area is 144 Å². The second-order valence-electron chi connectivity index (χ2n) is 6.68. The molecule has 2 aromatic rings. The lowest BCUT2D eigenvalue weighted by Crippen LogP contribution is -2.30. The molecule has 0 aliphatic rings. The van der Waals surface area contributed by atoms with Crippen molar-refractivity contribution >= 4 is 5.91 Å². The van der Waals surface area contributed by atoms with E-state index in [9.17, 15) is 9.90 Å². The van der Waals surface area contributed by atoms with Crippen LogP contribution in [0.25, 0.3) is 0 Å². The van der Waals surface area contributed by atoms with Gasteiger partial charge in [0.2, 0.25) is 0 Å². The second kappa shape index (κ2) is 8.11. The topological polar surface area (TPSA) is 49.3 Å². The van der Waals surface area contributed by atoms with Gasteiger partial charge in [-0.3, -0.25) is 4.79 Å². The van der Waals surface area contributed by atoms with Gasteiger partial charge in [0, 0.05) is 18.0 Å². The van der Waals surface area contributed by atoms with E-state index in [4.69, 9.17) is 0 Å². The van der Waals surface area contributed by atoms with Gasteiger partial charge in [0.25, 0.3) is 5.91 Å². The zero-order valence-corrected chi connectivity index (χ0v) is 15.0. The monoisotopic (exact) mass is 325 g/mol. The van der Waals surface area contributed by atoms with Crippen molar-refractivity contribution in [2.24, 2.45) is 0 Å². The number of aryl methyl sites for hydroxylation is 3. The predicted molar refractivity (Wildman–Crippen MR) is 98.5 cm³/mol. The first kappa shape index (κ1) is 18.2. The summed E-state index contributed by atoms with van der Waals surface area (Å²) >= 11 is 0. The van der Waals surface area contributed by atoms with Gasteiger partial charge in [-0.1, -0.05) is 48.0 Å². The molecule has 0 bridgehead atoms. The number of aliphatic hydroxyl groups excluding tert-OH is 1. The Morgan fingerprint density at radius 2 is 1.67 bits per heavy atom. The summed E-state index contributed by atoms with van der Waals surface area (Å²) in [6.07, 6.45) is 0.214. The van der Waals surface area contributed by atoms with Gasteiger partial charge in [0.15, 0.2) is 0 Å². The maximum Gasteiger partial charge on any atom is 0.251 e. The molecule has 0 saturated carbocycles. The van der Waals surface area contributed by atoms with Crippen LogP contribution in [-0.4, -0.2) is 23.7 Å². The van der Waals surface area contributed by atoms with Crippen LogP contribution in [0.4, 0.5) is 0 Å². The Bertz CT molecular complexity index is 669. The maximum atomic E-state index is 12.6. The van der Waals surface area contributed by atoms with E-state index >= 15 is 0 Å². The first-order chi connectivity index (χ1) is 11.4. The highest BCUT2D eigenvalue weighted by Gasteiger charge is 2.18. The van der Waals surface area contributed by atoms with Crippen LogP contribution >= 0.6 is 0 Å². The van der Waals surface area contributed by atoms with Gasteiger partial charge in [-0.2, -0.15) is 0 Å². The van der Waals surface area contributed by atoms with Gasteiger partial charge in [0.05, 0.1) is 6.10 Å². The molecule has 24 heavy (non-hydrogen) atoms. The quantitative estimate of drug-likeness (QED) is 0.846. The van der Waals surface area contributed by atoms with Crippen LogP contribution in [0.2, 0.25) is 0 Å². The van der Waals surface area contributed by atoms with E-state index in [-0.39, 0.29) is 11.8 Å². The Kier molecular flexibility index (Phi) is 6.16. The summed E-state index contributed by atoms with van der Waals surface area (Å²) < 4.78 is 0. The molecule has 1 amide bonds. The first-order valence-corrected chi connectivity index (χ1v) is 8.47. The molecule has 0 saturated heterocycles. The molecule has 3 heteroatoms. The van der Waals surface area contributed by atoms with E-state index in [0.717, 1.165) is 27.8 Å². The number of aliphatic hydroxyl groups is 1. The van der Waals surface area contributed by atoms with Crippen LogP contribution in [0.3, 0.4) is 0 Å². The summed E-state index contributed by atoms with van der Waals surface area (Å²) in [6.45, 7) is 8.28. The minimum absolute atomic E-state index is 0.0449. The molecule has 0 aliphatic carbocycles. The van der Waals surface area contributed by atoms with Crippen LogP contribution in [0.5, 0.6) is 0 Å². The van der Waals surface area contributed by atoms with Crippen molar-refractivity contribution in [2.75, 3.05) is 6.54 Å². The summed E-state index contributed by atoms with van der Waals surface area (Å²) in [5.74, 6) is 0.0535. The molecule has 0 aromatic heterocycles. The number of amides is 1. The van der Waals surface area contributed by atoms with Crippen molar-refractivity contribution < 1.29 is 9.90 Å². The molecule has 0 aliphatic heterocycles. The van der Waals surface area contributed by atoms with E-state index in [1.54, 1.807) is 6.92 Å². The summed E-state index contributed by atoms with van der Waals surface area (Å²) in [6, 6.07) is 14.1. The normalized spacial score (nSPS) is 13.4. The molecule has 0 radical (unpaired) electrons. The summed E-state index contributed by atoms with van der Waals surface area (Å²) in [7, 11) is 0. The predicted octanol–water partition coefficient (Wildman–Crippen LogP) is 3.90. The van der Waals surface area contributed by atoms with Crippen LogP contribution in [0.1, 0.15) is 51.9 Å². The standard InChI is InChI=1S/C21H27NO2/c1-14-10-15(2)20(16(3)11-14)21(24)22-13-19(12-17(4)23)18-8-6-5-7-9-18/h5-11,17,19,23H,12-13H2,1-4H3,(H,22,24). The lowest BCUT2D eigenvalue weighted by molar-refractivity contribution is 0.0944. The van der Waals surface area contributed by atoms with E-state index < -0.39 is 6.10 Å². The zero-order valence-electron chi connectivity index (χ0n) is 15.0. The Balaban J connectivity index is 2.13. The Hall–Kier alpha value is -2.13. The molecule has 2 aromatic carbocycles. The summed E-state index contributed by atoms with van der Waals surface area (Å²) in [5, 5.41) is 12.8. The number of carbonyl (C=O) groups is 1. The van der Waals surface area contributed by atoms with E-state index in [0.29, 0.717) is 13.0 Å². The lowest BCUT2D eigenvalue weighted by Gasteiger charge is -2.20. The summed E-state index contributed by atoms with van der Waals surface area (Å²) in [5.41, 5.74) is 5.05. The minimum Gasteiger partial charge on any atom is -0.393 e. The van der Waals surface area contributed by atoms with Crippen LogP contribution in [-0.2, 0) is 0 Å². The lowest BCUT2D eigenvalue weighted by atomic mass is 9.93. The fraction of sp³-hybridized carbons (Fsp3) is 0.381. The van der Waals surface area contributed by atoms with Crippen LogP contribution < -0.4 is 5.32 Å². The molecule has 2 N–H and O–H groups in total. The fourth-order valence-corrected chi connectivity index (χ4v) is 3.32. The average molecular weight is 325 g/mol. The minimum atomic E-state index is -0.407. The van der Waals surface area contributed by atoms with Crippen molar-refractivity contribution in [1.82, 2.24) is 5.32 Å². The van der Waals surface area contributed by atoms with E-state index in [1.807, 2.05) is 63.2 Å². The third-order valence-corrected chi connectivity index (χ3v) is 4.31. The van der Waals surface area contributed by atoms with E-state index in [2.05, 4.69) is 5.32 Å². The van der Waals surface area contributed by atoms with E-state index in [1.165, 1.54) is 0 Å². The maximum absolute atomic E-state index is 12.6. The number of rotatable bonds is 6. The van der Waals surface area contributed by atoms with Gasteiger partial charge >= 0.3 is 0 Å². The Morgan fingerprint density at radius 3 is 2.21 bits per heavy atom. The van der Waals surface area contributed by atoms with Crippen LogP contribution in [0.15, 0.2) is 42.5 Å². The second-order valence-corrected chi connectivity index (χ2v) is 6.68. The Morgan fingerprint density at radius 1 is 1.08 bits per heavy atom. The molecule has 2 atom stereocenters. The molecule has 2 unspecified atom stereocenters. The van der Waals surface area contributed by atoms with Crippen molar-refractivity contribution in [1.29, 1.82) is 0 Å². The molecule has 0 heterocycles. The molecule has 128 valence electrons. The first-order valence-electron chi connectivity index (χ1n) is 8.47. The number of hydrogen-bond acceptors (Lipinski definition) is 2. The van der Waals surface area contributed by atoms with Crippen molar-refractivity contribution in [3.63, 3.8) is 0 Å². The van der Waals surface area contributed by atoms with Gasteiger partial charge in [-0.05, 0) is 50.8 Å². The SMILES string of the molecule is Cc1cc(C)c(C(=O)NCC(CC(C)O)c2ccccc2)c(C)c1. The number of benzene rings is 2. The summed E-state index contributed by atoms with van der Waals surface area (Å²) in [4.78, 5) is 12.6. The highest BCUT2D eigenvalue weighted by atomic mass is 16.3. The molecule has 0 spiro atoms. The highest BCUT2D eigenvalue weighted by Crippen LogP contribution is 2.21. The van der Waals surface area contributed by atoms with Gasteiger partial charge in [-0.25, -0.2) is 0 Å². The van der Waals surface area contributed by atoms with Crippen molar-refractivity contribution in [3.8, 4) is 0 Å². The van der Waals surface area contributed by atoms with Crippen molar-refractivity contribution in [2.45, 2.75) is 46.1 Å². The molecule has 3 nitrogen and oxygen atoms in total. The number of nitrogens with one attached hydrogen (secondary N) is 1. The fourth-order valence-electron chi connectivity index (χ4n) is 3.32. The highest BCUT2D eigenvalue weighted by molar-refractivity contribution is 5.97. The zero-order chi connectivity index (χ0) is 17.7. The third kappa shape index (κ3) is 4.68. The van der Waals surface area contributed by atoms with Gasteiger partial charge < -0.3 is 10.4 Å². The molecular weight excluding hydrogens is 298 g/mol. The molecular formula is C21H27NO2. The number of hydrogen-bond donors (Lipinski definition) is 2. The van der Waals surface area contributed by atoms with Gasteiger partial charge in [-0.15, -0.1) is 0 Å². The van der Waals surface area contributed by atoms with Crippen molar-refractivity contribution in [3.05, 3.63) is 70.3 Å². The largest absolute Gasteiger partial charge is 0.393 e. The third-order valence-electron chi connectivity index (χ3n) is 4.31. The number of carbonyl (C=O) groups excluding carboxylic acids is 1. The smallest absolute Gasteiger partial charge is 0.251 e. The van der Waals surface area contributed by atoms with Crippen LogP contribution in [0, 0.1) is 20.8 Å². The molecule has 0 fully saturated rings.